The van der Waals surface area contributed by atoms with Crippen LogP contribution < -0.4 is 16.2 Å². The topological polar surface area (TPSA) is 114 Å². The van der Waals surface area contributed by atoms with Gasteiger partial charge in [-0.2, -0.15) is 0 Å². The summed E-state index contributed by atoms with van der Waals surface area (Å²) in [5.41, 5.74) is 14.9. The maximum atomic E-state index is 12.7. The van der Waals surface area contributed by atoms with Gasteiger partial charge in [0.1, 0.15) is 5.75 Å². The van der Waals surface area contributed by atoms with Crippen molar-refractivity contribution in [1.29, 1.82) is 0 Å². The van der Waals surface area contributed by atoms with Crippen molar-refractivity contribution < 1.29 is 23.8 Å². The van der Waals surface area contributed by atoms with Gasteiger partial charge in [0.25, 0.3) is 0 Å². The molecule has 0 amide bonds. The Balaban J connectivity index is 1.40. The maximum Gasteiger partial charge on any atom is 0.330 e. The van der Waals surface area contributed by atoms with E-state index >= 15 is 0 Å². The van der Waals surface area contributed by atoms with Gasteiger partial charge >= 0.3 is 11.9 Å². The van der Waals surface area contributed by atoms with E-state index in [-0.39, 0.29) is 30.5 Å². The van der Waals surface area contributed by atoms with Gasteiger partial charge in [0.2, 0.25) is 0 Å². The zero-order chi connectivity index (χ0) is 30.2. The lowest BCUT2D eigenvalue weighted by molar-refractivity contribution is -0.141. The smallest absolute Gasteiger partial charge is 0.330 e. The van der Waals surface area contributed by atoms with Gasteiger partial charge in [0, 0.05) is 30.0 Å². The fourth-order valence-electron chi connectivity index (χ4n) is 5.40. The minimum absolute atomic E-state index is 0.0324. The molecule has 1 aliphatic rings. The average molecular weight is 579 g/mol. The fraction of sp³-hybridized carbons (Fsp3) is 0.543. The number of hydrogen-bond donors (Lipinski definition) is 2. The van der Waals surface area contributed by atoms with Gasteiger partial charge in [-0.25, -0.2) is 4.79 Å². The van der Waals surface area contributed by atoms with Crippen LogP contribution in [0.4, 0.5) is 11.4 Å². The second-order valence-electron chi connectivity index (χ2n) is 11.5. The van der Waals surface area contributed by atoms with E-state index in [0.29, 0.717) is 17.1 Å². The highest BCUT2D eigenvalue weighted by Crippen LogP contribution is 2.29. The molecule has 0 saturated heterocycles. The molecule has 7 heteroatoms. The van der Waals surface area contributed by atoms with E-state index in [4.69, 9.17) is 25.7 Å². The SMILES string of the molecule is CCCCCCCOC1CCC(C(=O)Oc2ccc(C=CC(=O)OCC(CCCC)c3cc(N)cc(N)c3)cc2)CC1. The molecule has 0 spiro atoms. The van der Waals surface area contributed by atoms with Gasteiger partial charge in [-0.3, -0.25) is 4.79 Å². The van der Waals surface area contributed by atoms with Crippen LogP contribution in [0.1, 0.15) is 108 Å². The molecule has 2 aromatic carbocycles. The van der Waals surface area contributed by atoms with Gasteiger partial charge in [0.05, 0.1) is 18.6 Å². The number of rotatable bonds is 17. The monoisotopic (exact) mass is 578 g/mol. The van der Waals surface area contributed by atoms with Crippen molar-refractivity contribution in [3.63, 3.8) is 0 Å². The highest BCUT2D eigenvalue weighted by Gasteiger charge is 2.28. The zero-order valence-corrected chi connectivity index (χ0v) is 25.5. The minimum atomic E-state index is -0.417. The van der Waals surface area contributed by atoms with Crippen molar-refractivity contribution in [2.45, 2.75) is 103 Å². The molecule has 1 unspecified atom stereocenters. The molecule has 0 heterocycles. The first kappa shape index (κ1) is 33.2. The molecule has 0 aromatic heterocycles. The number of carbonyl (C=O) groups is 2. The molecule has 0 radical (unpaired) electrons. The normalized spacial score (nSPS) is 17.7. The molecule has 7 nitrogen and oxygen atoms in total. The number of anilines is 2. The largest absolute Gasteiger partial charge is 0.462 e. The van der Waals surface area contributed by atoms with Crippen molar-refractivity contribution in [1.82, 2.24) is 0 Å². The molecule has 1 fully saturated rings. The molecule has 1 aliphatic carbocycles. The van der Waals surface area contributed by atoms with E-state index in [0.717, 1.165) is 69.1 Å². The Kier molecular flexibility index (Phi) is 14.4. The van der Waals surface area contributed by atoms with Crippen LogP contribution in [0.3, 0.4) is 0 Å². The molecular weight excluding hydrogens is 528 g/mol. The average Bonchev–Trinajstić information content (AvgIpc) is 2.98. The fourth-order valence-corrected chi connectivity index (χ4v) is 5.40. The van der Waals surface area contributed by atoms with E-state index < -0.39 is 5.97 Å². The second-order valence-corrected chi connectivity index (χ2v) is 11.5. The van der Waals surface area contributed by atoms with Crippen LogP contribution in [0.15, 0.2) is 48.5 Å². The Labute approximate surface area is 252 Å². The highest BCUT2D eigenvalue weighted by molar-refractivity contribution is 5.87. The Morgan fingerprint density at radius 3 is 2.21 bits per heavy atom. The molecule has 0 aliphatic heterocycles. The van der Waals surface area contributed by atoms with Crippen molar-refractivity contribution >= 4 is 29.4 Å². The van der Waals surface area contributed by atoms with Gasteiger partial charge in [0.15, 0.2) is 0 Å². The third kappa shape index (κ3) is 11.9. The standard InChI is InChI=1S/C35H50N2O5/c1-3-5-7-8-9-21-40-32-18-14-27(15-19-32)35(39)42-33-16-11-26(12-17-33)13-20-34(38)41-25-28(10-6-4-2)29-22-30(36)24-31(37)23-29/h11-13,16-17,20,22-24,27-28,32H,3-10,14-15,18-19,21,25,36-37H2,1-2H3. The first-order chi connectivity index (χ1) is 20.4. The summed E-state index contributed by atoms with van der Waals surface area (Å²) in [6.45, 7) is 5.43. The molecule has 4 N–H and O–H groups in total. The van der Waals surface area contributed by atoms with E-state index in [1.54, 1.807) is 24.3 Å². The summed E-state index contributed by atoms with van der Waals surface area (Å²) in [5, 5.41) is 0. The Morgan fingerprint density at radius 2 is 1.55 bits per heavy atom. The highest BCUT2D eigenvalue weighted by atomic mass is 16.5. The van der Waals surface area contributed by atoms with E-state index in [1.807, 2.05) is 24.3 Å². The molecule has 230 valence electrons. The molecule has 1 saturated carbocycles. The Hall–Kier alpha value is -3.32. The Morgan fingerprint density at radius 1 is 0.881 bits per heavy atom. The van der Waals surface area contributed by atoms with Crippen LogP contribution in [0.5, 0.6) is 5.75 Å². The summed E-state index contributed by atoms with van der Waals surface area (Å²) in [5.74, 6) is -0.150. The molecule has 42 heavy (non-hydrogen) atoms. The number of esters is 2. The van der Waals surface area contributed by atoms with E-state index in [1.165, 1.54) is 31.8 Å². The lowest BCUT2D eigenvalue weighted by atomic mass is 9.87. The maximum absolute atomic E-state index is 12.7. The molecular formula is C35H50N2O5. The molecule has 0 bridgehead atoms. The summed E-state index contributed by atoms with van der Waals surface area (Å²) in [7, 11) is 0. The number of nitrogen functional groups attached to an aromatic ring is 2. The predicted octanol–water partition coefficient (Wildman–Crippen LogP) is 7.83. The molecule has 3 rings (SSSR count). The molecule has 1 atom stereocenters. The quantitative estimate of drug-likeness (QED) is 0.0646. The number of nitrogens with two attached hydrogens (primary N) is 2. The lowest BCUT2D eigenvalue weighted by Gasteiger charge is -2.27. The van der Waals surface area contributed by atoms with Crippen molar-refractivity contribution in [3.8, 4) is 5.75 Å². The zero-order valence-electron chi connectivity index (χ0n) is 25.5. The summed E-state index contributed by atoms with van der Waals surface area (Å²) in [6, 6.07) is 12.6. The van der Waals surface area contributed by atoms with Gasteiger partial charge in [-0.05, 0) is 86.1 Å². The minimum Gasteiger partial charge on any atom is -0.462 e. The van der Waals surface area contributed by atoms with Crippen LogP contribution in [-0.2, 0) is 19.1 Å². The van der Waals surface area contributed by atoms with Crippen molar-refractivity contribution in [3.05, 3.63) is 59.7 Å². The number of benzene rings is 2. The summed E-state index contributed by atoms with van der Waals surface area (Å²) in [4.78, 5) is 25.2. The van der Waals surface area contributed by atoms with Crippen molar-refractivity contribution in [2.75, 3.05) is 24.7 Å². The Bertz CT molecular complexity index is 1100. The first-order valence-electron chi connectivity index (χ1n) is 15.8. The second kappa shape index (κ2) is 18.3. The summed E-state index contributed by atoms with van der Waals surface area (Å²) in [6.07, 6.45) is 15.9. The number of carbonyl (C=O) groups excluding carboxylic acids is 2. The predicted molar refractivity (Wildman–Crippen MR) is 170 cm³/mol. The van der Waals surface area contributed by atoms with E-state index in [9.17, 15) is 9.59 Å². The van der Waals surface area contributed by atoms with Crippen molar-refractivity contribution in [2.24, 2.45) is 5.92 Å². The van der Waals surface area contributed by atoms with Gasteiger partial charge in [-0.15, -0.1) is 0 Å². The van der Waals surface area contributed by atoms with Crippen LogP contribution in [0.2, 0.25) is 0 Å². The van der Waals surface area contributed by atoms with E-state index in [2.05, 4.69) is 13.8 Å². The summed E-state index contributed by atoms with van der Waals surface area (Å²) < 4.78 is 17.2. The third-order valence-corrected chi connectivity index (χ3v) is 7.92. The summed E-state index contributed by atoms with van der Waals surface area (Å²) >= 11 is 0. The van der Waals surface area contributed by atoms with Crippen LogP contribution in [0, 0.1) is 5.92 Å². The first-order valence-corrected chi connectivity index (χ1v) is 15.8. The van der Waals surface area contributed by atoms with Crippen LogP contribution in [0.25, 0.3) is 6.08 Å². The lowest BCUT2D eigenvalue weighted by Crippen LogP contribution is -2.29. The van der Waals surface area contributed by atoms with Gasteiger partial charge < -0.3 is 25.7 Å². The van der Waals surface area contributed by atoms with Crippen LogP contribution in [-0.4, -0.2) is 31.3 Å². The number of ether oxygens (including phenoxy) is 3. The van der Waals surface area contributed by atoms with Gasteiger partial charge in [-0.1, -0.05) is 64.5 Å². The number of hydrogen-bond acceptors (Lipinski definition) is 7. The van der Waals surface area contributed by atoms with Crippen LogP contribution >= 0.6 is 0 Å². The number of unbranched alkanes of at least 4 members (excludes halogenated alkanes) is 5. The molecule has 2 aromatic rings. The third-order valence-electron chi connectivity index (χ3n) is 7.92.